The van der Waals surface area contributed by atoms with Gasteiger partial charge < -0.3 is 10.4 Å². The van der Waals surface area contributed by atoms with Crippen LogP contribution in [-0.4, -0.2) is 17.0 Å². The van der Waals surface area contributed by atoms with Gasteiger partial charge in [-0.2, -0.15) is 5.26 Å². The number of hydrogen-bond donors (Lipinski definition) is 2. The molecule has 1 unspecified atom stereocenters. The van der Waals surface area contributed by atoms with Crippen LogP contribution in [0.25, 0.3) is 0 Å². The second-order valence-electron chi connectivity index (χ2n) is 6.32. The lowest BCUT2D eigenvalue weighted by Gasteiger charge is -2.12. The number of anilines is 1. The minimum absolute atomic E-state index is 0.113. The van der Waals surface area contributed by atoms with Crippen molar-refractivity contribution in [2.45, 2.75) is 6.04 Å². The molecule has 0 aliphatic carbocycles. The highest BCUT2D eigenvalue weighted by molar-refractivity contribution is 6.31. The third-order valence-electron chi connectivity index (χ3n) is 4.39. The van der Waals surface area contributed by atoms with E-state index in [1.54, 1.807) is 36.4 Å². The molecule has 0 bridgehead atoms. The molecule has 0 aliphatic heterocycles. The van der Waals surface area contributed by atoms with Gasteiger partial charge >= 0.3 is 5.97 Å². The number of benzene rings is 3. The van der Waals surface area contributed by atoms with Crippen molar-refractivity contribution in [1.82, 2.24) is 0 Å². The normalized spacial score (nSPS) is 11.2. The van der Waals surface area contributed by atoms with Crippen molar-refractivity contribution in [3.05, 3.63) is 104 Å². The molecule has 3 aromatic carbocycles. The number of aromatic carboxylic acids is 1. The van der Waals surface area contributed by atoms with Gasteiger partial charge in [0.2, 0.25) is 0 Å². The predicted molar refractivity (Wildman–Crippen MR) is 112 cm³/mol. The number of halogens is 1. The molecule has 0 spiro atoms. The van der Waals surface area contributed by atoms with Crippen molar-refractivity contribution in [3.63, 3.8) is 0 Å². The van der Waals surface area contributed by atoms with Crippen LogP contribution in [0.3, 0.4) is 0 Å². The molecule has 7 nitrogen and oxygen atoms in total. The van der Waals surface area contributed by atoms with Crippen LogP contribution in [0.5, 0.6) is 0 Å². The van der Waals surface area contributed by atoms with E-state index in [2.05, 4.69) is 10.5 Å². The molecule has 1 amide bonds. The lowest BCUT2D eigenvalue weighted by atomic mass is 9.97. The van der Waals surface area contributed by atoms with E-state index in [4.69, 9.17) is 16.9 Å². The highest BCUT2D eigenvalue weighted by Gasteiger charge is 2.17. The van der Waals surface area contributed by atoms with Crippen molar-refractivity contribution in [3.8, 4) is 6.07 Å². The summed E-state index contributed by atoms with van der Waals surface area (Å²) in [4.78, 5) is 35.3. The van der Waals surface area contributed by atoms with Gasteiger partial charge in [-0.05, 0) is 53.6 Å². The van der Waals surface area contributed by atoms with E-state index in [0.29, 0.717) is 16.7 Å². The topological polar surface area (TPSA) is 120 Å². The highest BCUT2D eigenvalue weighted by Crippen LogP contribution is 2.27. The fourth-order valence-electron chi connectivity index (χ4n) is 2.91. The number of carboxylic acid groups (broad SMARTS) is 1. The summed E-state index contributed by atoms with van der Waals surface area (Å²) < 4.78 is 0. The fourth-order valence-corrected chi connectivity index (χ4v) is 3.08. The maximum Gasteiger partial charge on any atom is 0.337 e. The number of nitrogens with zero attached hydrogens (tertiary/aromatic N) is 2. The van der Waals surface area contributed by atoms with Gasteiger partial charge in [-0.1, -0.05) is 41.0 Å². The number of carbonyl (C=O) groups excluding carboxylic acids is 1. The van der Waals surface area contributed by atoms with Crippen LogP contribution in [0.15, 0.2) is 71.9 Å². The Bertz CT molecular complexity index is 1170. The molecule has 148 valence electrons. The zero-order valence-electron chi connectivity index (χ0n) is 15.4. The molecule has 0 heterocycles. The number of nitroso groups, excluding NO2 is 1. The van der Waals surface area contributed by atoms with E-state index >= 15 is 0 Å². The molecule has 0 fully saturated rings. The van der Waals surface area contributed by atoms with Crippen LogP contribution < -0.4 is 5.32 Å². The maximum atomic E-state index is 12.5. The van der Waals surface area contributed by atoms with Crippen molar-refractivity contribution in [1.29, 1.82) is 5.26 Å². The number of nitriles is 1. The fraction of sp³-hybridized carbons (Fsp3) is 0.0455. The van der Waals surface area contributed by atoms with E-state index in [-0.39, 0.29) is 21.8 Å². The molecule has 0 radical (unpaired) electrons. The molecular formula is C22H14ClN3O4. The van der Waals surface area contributed by atoms with Crippen LogP contribution in [0.1, 0.15) is 43.4 Å². The Hall–Kier alpha value is -4.02. The summed E-state index contributed by atoms with van der Waals surface area (Å²) in [5.41, 5.74) is 1.77. The van der Waals surface area contributed by atoms with Crippen LogP contribution in [-0.2, 0) is 0 Å². The second kappa shape index (κ2) is 8.99. The van der Waals surface area contributed by atoms with E-state index in [9.17, 15) is 19.6 Å². The largest absolute Gasteiger partial charge is 0.478 e. The third kappa shape index (κ3) is 4.51. The Morgan fingerprint density at radius 2 is 1.77 bits per heavy atom. The molecule has 0 aromatic heterocycles. The van der Waals surface area contributed by atoms with Crippen molar-refractivity contribution in [2.75, 3.05) is 5.32 Å². The average Bonchev–Trinajstić information content (AvgIpc) is 2.76. The number of hydrogen-bond acceptors (Lipinski definition) is 5. The minimum atomic E-state index is -1.22. The summed E-state index contributed by atoms with van der Waals surface area (Å²) >= 11 is 5.82. The number of rotatable bonds is 6. The molecule has 0 saturated heterocycles. The Balaban J connectivity index is 1.83. The lowest BCUT2D eigenvalue weighted by Crippen LogP contribution is -2.15. The first-order valence-electron chi connectivity index (χ1n) is 8.69. The van der Waals surface area contributed by atoms with Crippen LogP contribution >= 0.6 is 11.6 Å². The molecule has 8 heteroatoms. The van der Waals surface area contributed by atoms with E-state index < -0.39 is 17.9 Å². The predicted octanol–water partition coefficient (Wildman–Crippen LogP) is 5.02. The first-order chi connectivity index (χ1) is 14.4. The third-order valence-corrected chi connectivity index (χ3v) is 4.62. The molecule has 3 rings (SSSR count). The second-order valence-corrected chi connectivity index (χ2v) is 6.75. The Labute approximate surface area is 176 Å². The van der Waals surface area contributed by atoms with Crippen molar-refractivity contribution < 1.29 is 14.7 Å². The zero-order chi connectivity index (χ0) is 21.7. The Kier molecular flexibility index (Phi) is 6.20. The number of carboxylic acids is 1. The number of carbonyl (C=O) groups is 2. The van der Waals surface area contributed by atoms with Gasteiger partial charge in [-0.15, -0.1) is 4.91 Å². The van der Waals surface area contributed by atoms with Crippen molar-refractivity contribution in [2.24, 2.45) is 5.18 Å². The zero-order valence-corrected chi connectivity index (χ0v) is 16.1. The minimum Gasteiger partial charge on any atom is -0.478 e. The van der Waals surface area contributed by atoms with E-state index in [1.165, 1.54) is 30.3 Å². The summed E-state index contributed by atoms with van der Waals surface area (Å²) in [5, 5.41) is 24.2. The molecular weight excluding hydrogens is 406 g/mol. The standard InChI is InChI=1S/C22H14ClN3O4/c23-17-8-9-19(18(11-17)22(28)29)25-21(27)15-6-4-14(5-7-15)20(26-30)16-3-1-2-13(10-16)12-24/h1-11,20H,(H,25,27)(H,28,29). The van der Waals surface area contributed by atoms with E-state index in [0.717, 1.165) is 0 Å². The maximum absolute atomic E-state index is 12.5. The smallest absolute Gasteiger partial charge is 0.337 e. The number of nitrogens with one attached hydrogen (secondary N) is 1. The van der Waals surface area contributed by atoms with Crippen LogP contribution in [0.2, 0.25) is 5.02 Å². The number of amides is 1. The molecule has 2 N–H and O–H groups in total. The van der Waals surface area contributed by atoms with Crippen molar-refractivity contribution >= 4 is 29.2 Å². The van der Waals surface area contributed by atoms with Gasteiger partial charge in [0.15, 0.2) is 0 Å². The molecule has 30 heavy (non-hydrogen) atoms. The molecule has 1 atom stereocenters. The van der Waals surface area contributed by atoms with Gasteiger partial charge in [0.25, 0.3) is 5.91 Å². The monoisotopic (exact) mass is 419 g/mol. The molecule has 3 aromatic rings. The highest BCUT2D eigenvalue weighted by atomic mass is 35.5. The average molecular weight is 420 g/mol. The summed E-state index contributed by atoms with van der Waals surface area (Å²) in [6.07, 6.45) is 0. The van der Waals surface area contributed by atoms with E-state index in [1.807, 2.05) is 6.07 Å². The van der Waals surface area contributed by atoms with Crippen LogP contribution in [0, 0.1) is 16.2 Å². The molecule has 0 saturated carbocycles. The first kappa shape index (κ1) is 20.7. The van der Waals surface area contributed by atoms with Gasteiger partial charge in [-0.25, -0.2) is 4.79 Å². The van der Waals surface area contributed by atoms with Gasteiger partial charge in [0.05, 0.1) is 22.9 Å². The quantitative estimate of drug-likeness (QED) is 0.543. The summed E-state index contributed by atoms with van der Waals surface area (Å²) in [7, 11) is 0. The van der Waals surface area contributed by atoms with Crippen LogP contribution in [0.4, 0.5) is 5.69 Å². The van der Waals surface area contributed by atoms with Gasteiger partial charge in [-0.3, -0.25) is 4.79 Å². The Morgan fingerprint density at radius 1 is 1.03 bits per heavy atom. The SMILES string of the molecule is N#Cc1cccc(C(N=O)c2ccc(C(=O)Nc3ccc(Cl)cc3C(=O)O)cc2)c1. The lowest BCUT2D eigenvalue weighted by molar-refractivity contribution is 0.0698. The summed E-state index contributed by atoms with van der Waals surface area (Å²) in [6.45, 7) is 0. The van der Waals surface area contributed by atoms with Gasteiger partial charge in [0, 0.05) is 10.6 Å². The van der Waals surface area contributed by atoms with Gasteiger partial charge in [0.1, 0.15) is 6.04 Å². The molecule has 0 aliphatic rings. The first-order valence-corrected chi connectivity index (χ1v) is 9.07. The Morgan fingerprint density at radius 3 is 2.40 bits per heavy atom. The summed E-state index contributed by atoms with van der Waals surface area (Å²) in [5.74, 6) is -1.74. The summed E-state index contributed by atoms with van der Waals surface area (Å²) in [6, 6.07) is 18.1.